The van der Waals surface area contributed by atoms with Gasteiger partial charge in [0.1, 0.15) is 0 Å². The molecule has 28 heavy (non-hydrogen) atoms. The number of carbonyl (C=O) groups is 2. The highest BCUT2D eigenvalue weighted by Gasteiger charge is 2.09. The van der Waals surface area contributed by atoms with Crippen LogP contribution in [0.15, 0.2) is 59.7 Å². The lowest BCUT2D eigenvalue weighted by Crippen LogP contribution is -2.20. The minimum absolute atomic E-state index is 0.0276. The van der Waals surface area contributed by atoms with Gasteiger partial charge in [0, 0.05) is 17.7 Å². The second kappa shape index (κ2) is 11.0. The van der Waals surface area contributed by atoms with Crippen LogP contribution in [0.1, 0.15) is 62.4 Å². The molecule has 2 amide bonds. The molecule has 0 aliphatic carbocycles. The Kier molecular flexibility index (Phi) is 8.40. The van der Waals surface area contributed by atoms with Crippen molar-refractivity contribution in [1.29, 1.82) is 0 Å². The van der Waals surface area contributed by atoms with E-state index in [4.69, 9.17) is 0 Å². The first-order valence-corrected chi connectivity index (χ1v) is 9.81. The second-order valence-electron chi connectivity index (χ2n) is 7.19. The number of rotatable bonds is 9. The fourth-order valence-electron chi connectivity index (χ4n) is 2.71. The van der Waals surface area contributed by atoms with E-state index in [9.17, 15) is 9.59 Å². The lowest BCUT2D eigenvalue weighted by atomic mass is 10.1. The SMILES string of the molecule is CCCCC(=NNC(=O)c1ccc(NC(=O)CC(C)C)cc1)c1ccccc1. The van der Waals surface area contributed by atoms with E-state index < -0.39 is 0 Å². The van der Waals surface area contributed by atoms with Gasteiger partial charge in [-0.2, -0.15) is 5.10 Å². The number of nitrogens with one attached hydrogen (secondary N) is 2. The molecule has 2 rings (SSSR count). The summed E-state index contributed by atoms with van der Waals surface area (Å²) in [4.78, 5) is 24.3. The van der Waals surface area contributed by atoms with Gasteiger partial charge in [0.25, 0.3) is 5.91 Å². The zero-order chi connectivity index (χ0) is 20.4. The number of amides is 2. The maximum Gasteiger partial charge on any atom is 0.271 e. The molecule has 5 nitrogen and oxygen atoms in total. The van der Waals surface area contributed by atoms with E-state index in [2.05, 4.69) is 22.8 Å². The molecule has 0 bridgehead atoms. The zero-order valence-electron chi connectivity index (χ0n) is 16.9. The standard InChI is InChI=1S/C23H29N3O2/c1-4-5-11-21(18-9-7-6-8-10-18)25-26-23(28)19-12-14-20(15-13-19)24-22(27)16-17(2)3/h6-10,12-15,17H,4-5,11,16H2,1-3H3,(H,24,27)(H,26,28). The van der Waals surface area contributed by atoms with Gasteiger partial charge in [-0.05, 0) is 48.6 Å². The van der Waals surface area contributed by atoms with E-state index >= 15 is 0 Å². The van der Waals surface area contributed by atoms with Gasteiger partial charge in [0.2, 0.25) is 5.91 Å². The number of unbranched alkanes of at least 4 members (excludes halogenated alkanes) is 1. The third kappa shape index (κ3) is 6.99. The van der Waals surface area contributed by atoms with Crippen LogP contribution in [-0.2, 0) is 4.79 Å². The average molecular weight is 380 g/mol. The first-order chi connectivity index (χ1) is 13.5. The van der Waals surface area contributed by atoms with Crippen molar-refractivity contribution >= 4 is 23.2 Å². The van der Waals surface area contributed by atoms with Crippen LogP contribution in [0.4, 0.5) is 5.69 Å². The molecule has 0 aliphatic heterocycles. The molecule has 148 valence electrons. The van der Waals surface area contributed by atoms with Crippen molar-refractivity contribution in [3.63, 3.8) is 0 Å². The Morgan fingerprint density at radius 3 is 2.25 bits per heavy atom. The Bertz CT molecular complexity index is 796. The van der Waals surface area contributed by atoms with Crippen molar-refractivity contribution in [2.45, 2.75) is 46.5 Å². The van der Waals surface area contributed by atoms with Crippen LogP contribution in [0.25, 0.3) is 0 Å². The number of anilines is 1. The van der Waals surface area contributed by atoms with Crippen LogP contribution in [0.3, 0.4) is 0 Å². The van der Waals surface area contributed by atoms with Gasteiger partial charge in [-0.15, -0.1) is 0 Å². The first kappa shape index (κ1) is 21.4. The van der Waals surface area contributed by atoms with E-state index in [0.29, 0.717) is 23.6 Å². The Labute approximate surface area is 167 Å². The van der Waals surface area contributed by atoms with Crippen LogP contribution in [0.5, 0.6) is 0 Å². The van der Waals surface area contributed by atoms with Gasteiger partial charge in [-0.25, -0.2) is 5.43 Å². The maximum absolute atomic E-state index is 12.4. The molecule has 0 saturated carbocycles. The average Bonchev–Trinajstić information content (AvgIpc) is 2.68. The Morgan fingerprint density at radius 2 is 1.64 bits per heavy atom. The summed E-state index contributed by atoms with van der Waals surface area (Å²) in [5.41, 5.74) is 5.71. The lowest BCUT2D eigenvalue weighted by Gasteiger charge is -2.09. The monoisotopic (exact) mass is 379 g/mol. The van der Waals surface area contributed by atoms with Crippen molar-refractivity contribution in [3.8, 4) is 0 Å². The minimum atomic E-state index is -0.273. The molecule has 0 saturated heterocycles. The fourth-order valence-corrected chi connectivity index (χ4v) is 2.71. The Balaban J connectivity index is 2.02. The third-order valence-corrected chi connectivity index (χ3v) is 4.19. The van der Waals surface area contributed by atoms with Crippen LogP contribution >= 0.6 is 0 Å². The molecule has 0 aliphatic rings. The number of benzene rings is 2. The van der Waals surface area contributed by atoms with Crippen molar-refractivity contribution in [2.75, 3.05) is 5.32 Å². The number of carbonyl (C=O) groups excluding carboxylic acids is 2. The van der Waals surface area contributed by atoms with E-state index in [1.165, 1.54) is 0 Å². The van der Waals surface area contributed by atoms with Gasteiger partial charge in [0.15, 0.2) is 0 Å². The lowest BCUT2D eigenvalue weighted by molar-refractivity contribution is -0.116. The summed E-state index contributed by atoms with van der Waals surface area (Å²) in [6, 6.07) is 16.7. The van der Waals surface area contributed by atoms with Crippen LogP contribution in [0, 0.1) is 5.92 Å². The quantitative estimate of drug-likeness (QED) is 0.476. The zero-order valence-corrected chi connectivity index (χ0v) is 16.9. The predicted molar refractivity (Wildman–Crippen MR) is 114 cm³/mol. The second-order valence-corrected chi connectivity index (χ2v) is 7.19. The smallest absolute Gasteiger partial charge is 0.271 e. The third-order valence-electron chi connectivity index (χ3n) is 4.19. The normalized spacial score (nSPS) is 11.4. The molecule has 0 fully saturated rings. The van der Waals surface area contributed by atoms with E-state index in [-0.39, 0.29) is 11.8 Å². The highest BCUT2D eigenvalue weighted by molar-refractivity contribution is 6.02. The highest BCUT2D eigenvalue weighted by Crippen LogP contribution is 2.12. The number of hydrogen-bond donors (Lipinski definition) is 2. The van der Waals surface area contributed by atoms with E-state index in [1.54, 1.807) is 24.3 Å². The molecule has 0 atom stereocenters. The molecule has 0 unspecified atom stereocenters. The van der Waals surface area contributed by atoms with Crippen LogP contribution < -0.4 is 10.7 Å². The first-order valence-electron chi connectivity index (χ1n) is 9.81. The molecule has 0 spiro atoms. The predicted octanol–water partition coefficient (Wildman–Crippen LogP) is 5.00. The Morgan fingerprint density at radius 1 is 0.964 bits per heavy atom. The van der Waals surface area contributed by atoms with Gasteiger partial charge < -0.3 is 5.32 Å². The molecule has 2 aromatic rings. The molecule has 0 radical (unpaired) electrons. The molecule has 0 aromatic heterocycles. The van der Waals surface area contributed by atoms with Crippen molar-refractivity contribution in [3.05, 3.63) is 65.7 Å². The van der Waals surface area contributed by atoms with Gasteiger partial charge >= 0.3 is 0 Å². The summed E-state index contributed by atoms with van der Waals surface area (Å²) < 4.78 is 0. The van der Waals surface area contributed by atoms with Crippen molar-refractivity contribution in [2.24, 2.45) is 11.0 Å². The number of hydrazone groups is 1. The number of nitrogens with zero attached hydrogens (tertiary/aromatic N) is 1. The maximum atomic E-state index is 12.4. The van der Waals surface area contributed by atoms with Crippen molar-refractivity contribution in [1.82, 2.24) is 5.43 Å². The summed E-state index contributed by atoms with van der Waals surface area (Å²) in [5, 5.41) is 7.19. The molecule has 5 heteroatoms. The van der Waals surface area contributed by atoms with Gasteiger partial charge in [-0.1, -0.05) is 57.5 Å². The molecule has 0 heterocycles. The van der Waals surface area contributed by atoms with E-state index in [0.717, 1.165) is 30.5 Å². The van der Waals surface area contributed by atoms with E-state index in [1.807, 2.05) is 44.2 Å². The molecule has 2 aromatic carbocycles. The van der Waals surface area contributed by atoms with Crippen LogP contribution in [0.2, 0.25) is 0 Å². The fraction of sp³-hybridized carbons (Fsp3) is 0.348. The van der Waals surface area contributed by atoms with Gasteiger partial charge in [0.05, 0.1) is 5.71 Å². The topological polar surface area (TPSA) is 70.6 Å². The summed E-state index contributed by atoms with van der Waals surface area (Å²) in [6.45, 7) is 6.12. The molecule has 2 N–H and O–H groups in total. The summed E-state index contributed by atoms with van der Waals surface area (Å²) >= 11 is 0. The number of hydrogen-bond acceptors (Lipinski definition) is 3. The summed E-state index contributed by atoms with van der Waals surface area (Å²) in [5.74, 6) is -0.000327. The van der Waals surface area contributed by atoms with Crippen molar-refractivity contribution < 1.29 is 9.59 Å². The highest BCUT2D eigenvalue weighted by atomic mass is 16.2. The summed E-state index contributed by atoms with van der Waals surface area (Å²) in [6.07, 6.45) is 3.34. The minimum Gasteiger partial charge on any atom is -0.326 e. The molecular formula is C23H29N3O2. The Hall–Kier alpha value is -2.95. The van der Waals surface area contributed by atoms with Crippen LogP contribution in [-0.4, -0.2) is 17.5 Å². The largest absolute Gasteiger partial charge is 0.326 e. The van der Waals surface area contributed by atoms with Gasteiger partial charge in [-0.3, -0.25) is 9.59 Å². The summed E-state index contributed by atoms with van der Waals surface area (Å²) in [7, 11) is 0. The molecular weight excluding hydrogens is 350 g/mol.